The van der Waals surface area contributed by atoms with Gasteiger partial charge in [-0.2, -0.15) is 4.31 Å². The third kappa shape index (κ3) is 6.53. The first-order valence-electron chi connectivity index (χ1n) is 10.2. The lowest BCUT2D eigenvalue weighted by Gasteiger charge is -2.20. The van der Waals surface area contributed by atoms with E-state index in [-0.39, 0.29) is 23.8 Å². The molecule has 1 unspecified atom stereocenters. The summed E-state index contributed by atoms with van der Waals surface area (Å²) in [4.78, 5) is 24.1. The summed E-state index contributed by atoms with van der Waals surface area (Å²) in [5.41, 5.74) is 7.81. The molecule has 0 aliphatic heterocycles. The predicted octanol–water partition coefficient (Wildman–Crippen LogP) is 2.44. The molecule has 0 spiro atoms. The van der Waals surface area contributed by atoms with Gasteiger partial charge in [-0.3, -0.25) is 4.79 Å². The maximum atomic E-state index is 12.6. The van der Waals surface area contributed by atoms with Crippen molar-refractivity contribution in [2.75, 3.05) is 13.1 Å². The second-order valence-electron chi connectivity index (χ2n) is 7.13. The summed E-state index contributed by atoms with van der Waals surface area (Å²) in [6.45, 7) is 6.53. The summed E-state index contributed by atoms with van der Waals surface area (Å²) >= 11 is 0. The number of nitrogens with zero attached hydrogens (tertiary/aromatic N) is 1. The molecule has 1 atom stereocenters. The van der Waals surface area contributed by atoms with Gasteiger partial charge >= 0.3 is 6.03 Å². The minimum atomic E-state index is -3.52. The number of primary amides is 1. The van der Waals surface area contributed by atoms with Gasteiger partial charge in [-0.1, -0.05) is 50.2 Å². The van der Waals surface area contributed by atoms with E-state index in [1.165, 1.54) is 4.31 Å². The molecule has 31 heavy (non-hydrogen) atoms. The SMILES string of the molecule is CCN(CC)S(=O)(=O)c1ccc(CNC(=O)CC(NC(N)=O)c2ccccc2C)cc1. The smallest absolute Gasteiger partial charge is 0.312 e. The monoisotopic (exact) mass is 446 g/mol. The van der Waals surface area contributed by atoms with Crippen LogP contribution in [0.5, 0.6) is 0 Å². The lowest BCUT2D eigenvalue weighted by Crippen LogP contribution is -2.36. The van der Waals surface area contributed by atoms with Gasteiger partial charge in [0, 0.05) is 19.6 Å². The largest absolute Gasteiger partial charge is 0.352 e. The average Bonchev–Trinajstić information content (AvgIpc) is 2.73. The molecule has 0 saturated carbocycles. The van der Waals surface area contributed by atoms with Gasteiger partial charge in [-0.25, -0.2) is 13.2 Å². The van der Waals surface area contributed by atoms with Gasteiger partial charge in [-0.05, 0) is 35.7 Å². The molecule has 2 rings (SSSR count). The predicted molar refractivity (Wildman–Crippen MR) is 120 cm³/mol. The molecule has 2 aromatic carbocycles. The number of benzene rings is 2. The number of urea groups is 1. The van der Waals surface area contributed by atoms with Crippen LogP contribution in [0.2, 0.25) is 0 Å². The average molecular weight is 447 g/mol. The lowest BCUT2D eigenvalue weighted by atomic mass is 9.98. The Morgan fingerprint density at radius 2 is 1.65 bits per heavy atom. The summed E-state index contributed by atoms with van der Waals surface area (Å²) in [6.07, 6.45) is 0.0300. The van der Waals surface area contributed by atoms with Crippen LogP contribution in [0.25, 0.3) is 0 Å². The van der Waals surface area contributed by atoms with E-state index in [4.69, 9.17) is 5.73 Å². The van der Waals surface area contributed by atoms with Gasteiger partial charge in [0.1, 0.15) is 0 Å². The number of rotatable bonds is 10. The van der Waals surface area contributed by atoms with Crippen LogP contribution in [0.3, 0.4) is 0 Å². The van der Waals surface area contributed by atoms with Gasteiger partial charge in [0.05, 0.1) is 17.4 Å². The number of nitrogens with one attached hydrogen (secondary N) is 2. The number of carbonyl (C=O) groups excluding carboxylic acids is 2. The summed E-state index contributed by atoms with van der Waals surface area (Å²) in [6, 6.07) is 12.7. The number of nitrogens with two attached hydrogens (primary N) is 1. The molecule has 0 saturated heterocycles. The summed E-state index contributed by atoms with van der Waals surface area (Å²) in [5.74, 6) is -0.262. The molecule has 0 heterocycles. The molecule has 8 nitrogen and oxygen atoms in total. The van der Waals surface area contributed by atoms with Gasteiger partial charge in [-0.15, -0.1) is 0 Å². The molecule has 0 fully saturated rings. The Balaban J connectivity index is 2.03. The minimum Gasteiger partial charge on any atom is -0.352 e. The Labute approximate surface area is 183 Å². The van der Waals surface area contributed by atoms with Crippen LogP contribution in [0.15, 0.2) is 53.4 Å². The van der Waals surface area contributed by atoms with Crippen LogP contribution >= 0.6 is 0 Å². The van der Waals surface area contributed by atoms with Crippen LogP contribution in [0, 0.1) is 6.92 Å². The Morgan fingerprint density at radius 1 is 1.03 bits per heavy atom. The van der Waals surface area contributed by atoms with E-state index in [0.717, 1.165) is 16.7 Å². The van der Waals surface area contributed by atoms with Crippen molar-refractivity contribution < 1.29 is 18.0 Å². The van der Waals surface area contributed by atoms with Crippen molar-refractivity contribution in [3.63, 3.8) is 0 Å². The number of aryl methyl sites for hydroxylation is 1. The zero-order chi connectivity index (χ0) is 23.0. The van der Waals surface area contributed by atoms with Gasteiger partial charge in [0.2, 0.25) is 15.9 Å². The van der Waals surface area contributed by atoms with E-state index in [2.05, 4.69) is 10.6 Å². The Morgan fingerprint density at radius 3 is 2.19 bits per heavy atom. The lowest BCUT2D eigenvalue weighted by molar-refractivity contribution is -0.121. The molecule has 9 heteroatoms. The van der Waals surface area contributed by atoms with Crippen LogP contribution in [-0.2, 0) is 21.4 Å². The fraction of sp³-hybridized carbons (Fsp3) is 0.364. The summed E-state index contributed by atoms with van der Waals surface area (Å²) in [5, 5.41) is 5.42. The zero-order valence-electron chi connectivity index (χ0n) is 18.1. The van der Waals surface area contributed by atoms with Gasteiger partial charge in [0.25, 0.3) is 0 Å². The van der Waals surface area contributed by atoms with E-state index in [1.54, 1.807) is 38.1 Å². The standard InChI is InChI=1S/C22H30N4O4S/c1-4-26(5-2)31(29,30)18-12-10-17(11-13-18)15-24-21(27)14-20(25-22(23)28)19-9-7-6-8-16(19)3/h6-13,20H,4-5,14-15H2,1-3H3,(H,24,27)(H3,23,25,28). The van der Waals surface area contributed by atoms with E-state index in [9.17, 15) is 18.0 Å². The molecule has 168 valence electrons. The fourth-order valence-electron chi connectivity index (χ4n) is 3.34. The maximum Gasteiger partial charge on any atom is 0.312 e. The van der Waals surface area contributed by atoms with Crippen LogP contribution in [0.1, 0.15) is 43.0 Å². The van der Waals surface area contributed by atoms with Crippen molar-refractivity contribution in [3.8, 4) is 0 Å². The van der Waals surface area contributed by atoms with Crippen LogP contribution in [-0.4, -0.2) is 37.8 Å². The maximum absolute atomic E-state index is 12.6. The molecule has 0 aliphatic carbocycles. The molecule has 0 aliphatic rings. The number of amides is 3. The number of sulfonamides is 1. The Hall–Kier alpha value is -2.91. The Bertz CT molecular complexity index is 1000. The van der Waals surface area contributed by atoms with Crippen LogP contribution < -0.4 is 16.4 Å². The first kappa shape index (κ1) is 24.4. The number of hydrogen-bond acceptors (Lipinski definition) is 4. The molecule has 0 aromatic heterocycles. The van der Waals surface area contributed by atoms with E-state index >= 15 is 0 Å². The van der Waals surface area contributed by atoms with E-state index in [1.807, 2.05) is 31.2 Å². The minimum absolute atomic E-state index is 0.0300. The quantitative estimate of drug-likeness (QED) is 0.519. The first-order chi connectivity index (χ1) is 14.7. The normalized spacial score (nSPS) is 12.4. The number of carbonyl (C=O) groups is 2. The van der Waals surface area contributed by atoms with Crippen molar-refractivity contribution in [2.45, 2.75) is 44.7 Å². The molecule has 4 N–H and O–H groups in total. The summed E-state index contributed by atoms with van der Waals surface area (Å²) in [7, 11) is -3.52. The van der Waals surface area contributed by atoms with E-state index in [0.29, 0.717) is 13.1 Å². The zero-order valence-corrected chi connectivity index (χ0v) is 18.9. The number of hydrogen-bond donors (Lipinski definition) is 3. The van der Waals surface area contributed by atoms with Crippen molar-refractivity contribution in [1.82, 2.24) is 14.9 Å². The van der Waals surface area contributed by atoms with Crippen molar-refractivity contribution >= 4 is 22.0 Å². The highest BCUT2D eigenvalue weighted by atomic mass is 32.2. The molecular weight excluding hydrogens is 416 g/mol. The van der Waals surface area contributed by atoms with Gasteiger partial charge < -0.3 is 16.4 Å². The van der Waals surface area contributed by atoms with Crippen LogP contribution in [0.4, 0.5) is 4.79 Å². The van der Waals surface area contributed by atoms with Crippen molar-refractivity contribution in [2.24, 2.45) is 5.73 Å². The summed E-state index contributed by atoms with van der Waals surface area (Å²) < 4.78 is 26.5. The fourth-order valence-corrected chi connectivity index (χ4v) is 4.80. The van der Waals surface area contributed by atoms with Gasteiger partial charge in [0.15, 0.2) is 0 Å². The highest BCUT2D eigenvalue weighted by Gasteiger charge is 2.21. The van der Waals surface area contributed by atoms with Crippen molar-refractivity contribution in [3.05, 3.63) is 65.2 Å². The van der Waals surface area contributed by atoms with Crippen molar-refractivity contribution in [1.29, 1.82) is 0 Å². The highest BCUT2D eigenvalue weighted by Crippen LogP contribution is 2.21. The third-order valence-corrected chi connectivity index (χ3v) is 7.09. The second kappa shape index (κ2) is 10.9. The van der Waals surface area contributed by atoms with E-state index < -0.39 is 22.1 Å². The molecule has 2 aromatic rings. The molecule has 0 radical (unpaired) electrons. The highest BCUT2D eigenvalue weighted by molar-refractivity contribution is 7.89. The topological polar surface area (TPSA) is 122 Å². The molecular formula is C22H30N4O4S. The third-order valence-electron chi connectivity index (χ3n) is 5.03. The molecule has 3 amide bonds. The second-order valence-corrected chi connectivity index (χ2v) is 9.07. The first-order valence-corrected chi connectivity index (χ1v) is 11.6. The molecule has 0 bridgehead atoms. The Kier molecular flexibility index (Phi) is 8.58.